The van der Waals surface area contributed by atoms with E-state index >= 15 is 0 Å². The average molecular weight is 387 g/mol. The minimum Gasteiger partial charge on any atom is -0.373 e. The molecule has 2 atom stereocenters. The second-order valence-electron chi connectivity index (χ2n) is 6.86. The zero-order chi connectivity index (χ0) is 18.9. The number of ether oxygens (including phenoxy) is 1. The number of rotatable bonds is 7. The van der Waals surface area contributed by atoms with E-state index < -0.39 is 0 Å². The van der Waals surface area contributed by atoms with E-state index in [2.05, 4.69) is 58.3 Å². The fourth-order valence-corrected chi connectivity index (χ4v) is 4.07. The molecule has 27 heavy (non-hydrogen) atoms. The Morgan fingerprint density at radius 2 is 2.15 bits per heavy atom. The van der Waals surface area contributed by atoms with E-state index in [-0.39, 0.29) is 6.10 Å². The van der Waals surface area contributed by atoms with Gasteiger partial charge in [-0.15, -0.1) is 11.3 Å². The molecular formula is C21H30N4OS. The summed E-state index contributed by atoms with van der Waals surface area (Å²) in [6.07, 6.45) is 3.31. The molecule has 0 spiro atoms. The standard InChI is InChI=1S/C21H30N4OS/c1-3-22-21(23-12-11-19-15-27-16(2)25-19)24-14-18-10-7-13-26-20(18)17-8-5-4-6-9-17/h4-6,8-9,15,18,20H,3,7,10-14H2,1-2H3,(H2,22,23,24). The Morgan fingerprint density at radius 3 is 2.89 bits per heavy atom. The highest BCUT2D eigenvalue weighted by molar-refractivity contribution is 7.09. The van der Waals surface area contributed by atoms with Crippen LogP contribution in [0.5, 0.6) is 0 Å². The molecule has 0 radical (unpaired) electrons. The molecule has 2 N–H and O–H groups in total. The molecule has 2 aromatic rings. The Morgan fingerprint density at radius 1 is 1.30 bits per heavy atom. The van der Waals surface area contributed by atoms with Crippen LogP contribution < -0.4 is 10.6 Å². The smallest absolute Gasteiger partial charge is 0.191 e. The summed E-state index contributed by atoms with van der Waals surface area (Å²) in [5.74, 6) is 1.29. The third kappa shape index (κ3) is 6.04. The summed E-state index contributed by atoms with van der Waals surface area (Å²) in [6, 6.07) is 10.5. The topological polar surface area (TPSA) is 58.5 Å². The summed E-state index contributed by atoms with van der Waals surface area (Å²) in [7, 11) is 0. The van der Waals surface area contributed by atoms with Gasteiger partial charge in [0.1, 0.15) is 0 Å². The second kappa shape index (κ2) is 10.4. The van der Waals surface area contributed by atoms with E-state index in [1.54, 1.807) is 11.3 Å². The van der Waals surface area contributed by atoms with Gasteiger partial charge in [0.05, 0.1) is 16.8 Å². The van der Waals surface area contributed by atoms with Gasteiger partial charge in [-0.3, -0.25) is 4.99 Å². The lowest BCUT2D eigenvalue weighted by atomic mass is 9.89. The molecule has 1 aromatic carbocycles. The molecular weight excluding hydrogens is 356 g/mol. The maximum absolute atomic E-state index is 6.09. The fourth-order valence-electron chi connectivity index (χ4n) is 3.42. The van der Waals surface area contributed by atoms with Crippen LogP contribution >= 0.6 is 11.3 Å². The van der Waals surface area contributed by atoms with Gasteiger partial charge >= 0.3 is 0 Å². The zero-order valence-corrected chi connectivity index (χ0v) is 17.1. The van der Waals surface area contributed by atoms with Crippen molar-refractivity contribution in [3.8, 4) is 0 Å². The van der Waals surface area contributed by atoms with Crippen molar-refractivity contribution in [3.63, 3.8) is 0 Å². The number of benzene rings is 1. The molecule has 5 nitrogen and oxygen atoms in total. The summed E-state index contributed by atoms with van der Waals surface area (Å²) in [6.45, 7) is 7.43. The van der Waals surface area contributed by atoms with Crippen LogP contribution in [0.4, 0.5) is 0 Å². The van der Waals surface area contributed by atoms with Crippen molar-refractivity contribution in [3.05, 3.63) is 52.0 Å². The Balaban J connectivity index is 1.57. The third-order valence-corrected chi connectivity index (χ3v) is 5.56. The van der Waals surface area contributed by atoms with Crippen molar-refractivity contribution in [2.24, 2.45) is 10.9 Å². The molecule has 1 aliphatic rings. The Kier molecular flexibility index (Phi) is 7.66. The van der Waals surface area contributed by atoms with Crippen LogP contribution in [0.25, 0.3) is 0 Å². The third-order valence-electron chi connectivity index (χ3n) is 4.74. The molecule has 2 heterocycles. The monoisotopic (exact) mass is 386 g/mol. The molecule has 1 aliphatic heterocycles. The van der Waals surface area contributed by atoms with E-state index in [1.807, 2.05) is 6.92 Å². The minimum atomic E-state index is 0.143. The second-order valence-corrected chi connectivity index (χ2v) is 7.92. The lowest BCUT2D eigenvalue weighted by molar-refractivity contribution is -0.0250. The van der Waals surface area contributed by atoms with Crippen molar-refractivity contribution in [1.29, 1.82) is 0 Å². The summed E-state index contributed by atoms with van der Waals surface area (Å²) in [5.41, 5.74) is 2.40. The van der Waals surface area contributed by atoms with Crippen molar-refractivity contribution in [2.45, 2.75) is 39.2 Å². The maximum Gasteiger partial charge on any atom is 0.191 e. The predicted molar refractivity (Wildman–Crippen MR) is 112 cm³/mol. The van der Waals surface area contributed by atoms with Gasteiger partial charge in [-0.2, -0.15) is 0 Å². The number of aliphatic imine (C=N–C) groups is 1. The van der Waals surface area contributed by atoms with Crippen LogP contribution in [0.3, 0.4) is 0 Å². The number of aromatic nitrogens is 1. The summed E-state index contributed by atoms with van der Waals surface area (Å²) in [5, 5.41) is 10.0. The highest BCUT2D eigenvalue weighted by atomic mass is 32.1. The molecule has 3 rings (SSSR count). The molecule has 6 heteroatoms. The van der Waals surface area contributed by atoms with Gasteiger partial charge in [0.2, 0.25) is 0 Å². The molecule has 0 saturated carbocycles. The average Bonchev–Trinajstić information content (AvgIpc) is 3.12. The lowest BCUT2D eigenvalue weighted by Crippen LogP contribution is -2.39. The number of thiazole rings is 1. The fraction of sp³-hybridized carbons (Fsp3) is 0.524. The summed E-state index contributed by atoms with van der Waals surface area (Å²) in [4.78, 5) is 9.36. The number of hydrogen-bond donors (Lipinski definition) is 2. The van der Waals surface area contributed by atoms with E-state index in [9.17, 15) is 0 Å². The molecule has 0 bridgehead atoms. The van der Waals surface area contributed by atoms with Crippen LogP contribution in [0.15, 0.2) is 40.7 Å². The molecule has 1 aromatic heterocycles. The van der Waals surface area contributed by atoms with Crippen LogP contribution in [-0.4, -0.2) is 37.2 Å². The van der Waals surface area contributed by atoms with Gasteiger partial charge in [0.25, 0.3) is 0 Å². The quantitative estimate of drug-likeness (QED) is 0.562. The van der Waals surface area contributed by atoms with Gasteiger partial charge in [-0.25, -0.2) is 4.98 Å². The van der Waals surface area contributed by atoms with Gasteiger partial charge in [-0.05, 0) is 32.3 Å². The molecule has 1 fully saturated rings. The van der Waals surface area contributed by atoms with Gasteiger partial charge in [0, 0.05) is 44.0 Å². The predicted octanol–water partition coefficient (Wildman–Crippen LogP) is 3.72. The largest absolute Gasteiger partial charge is 0.373 e. The first kappa shape index (κ1) is 19.8. The van der Waals surface area contributed by atoms with E-state index in [4.69, 9.17) is 9.73 Å². The van der Waals surface area contributed by atoms with Crippen LogP contribution in [0.1, 0.15) is 42.1 Å². The van der Waals surface area contributed by atoms with Crippen molar-refractivity contribution >= 4 is 17.3 Å². The highest BCUT2D eigenvalue weighted by Crippen LogP contribution is 2.33. The SMILES string of the molecule is CCNC(=NCC1CCCOC1c1ccccc1)NCCc1csc(C)n1. The Labute approximate surface area is 166 Å². The number of nitrogens with one attached hydrogen (secondary N) is 2. The first-order valence-electron chi connectivity index (χ1n) is 9.86. The highest BCUT2D eigenvalue weighted by Gasteiger charge is 2.27. The van der Waals surface area contributed by atoms with Crippen LogP contribution in [-0.2, 0) is 11.2 Å². The first-order valence-corrected chi connectivity index (χ1v) is 10.7. The van der Waals surface area contributed by atoms with Gasteiger partial charge < -0.3 is 15.4 Å². The molecule has 146 valence electrons. The van der Waals surface area contributed by atoms with E-state index in [0.717, 1.165) is 62.2 Å². The molecule has 0 aliphatic carbocycles. The van der Waals surface area contributed by atoms with E-state index in [1.165, 1.54) is 5.56 Å². The first-order chi connectivity index (χ1) is 13.3. The van der Waals surface area contributed by atoms with Crippen molar-refractivity contribution in [2.75, 3.05) is 26.2 Å². The van der Waals surface area contributed by atoms with E-state index in [0.29, 0.717) is 5.92 Å². The van der Waals surface area contributed by atoms with Gasteiger partial charge in [-0.1, -0.05) is 30.3 Å². The number of guanidine groups is 1. The minimum absolute atomic E-state index is 0.143. The summed E-state index contributed by atoms with van der Waals surface area (Å²) < 4.78 is 6.09. The summed E-state index contributed by atoms with van der Waals surface area (Å²) >= 11 is 1.70. The lowest BCUT2D eigenvalue weighted by Gasteiger charge is -2.31. The maximum atomic E-state index is 6.09. The van der Waals surface area contributed by atoms with Crippen molar-refractivity contribution in [1.82, 2.24) is 15.6 Å². The number of hydrogen-bond acceptors (Lipinski definition) is 4. The molecule has 1 saturated heterocycles. The number of nitrogens with zero attached hydrogens (tertiary/aromatic N) is 2. The van der Waals surface area contributed by atoms with Gasteiger partial charge in [0.15, 0.2) is 5.96 Å². The normalized spacial score (nSPS) is 20.4. The van der Waals surface area contributed by atoms with Crippen molar-refractivity contribution < 1.29 is 4.74 Å². The zero-order valence-electron chi connectivity index (χ0n) is 16.3. The number of aryl methyl sites for hydroxylation is 1. The molecule has 0 amide bonds. The van der Waals surface area contributed by atoms with Crippen LogP contribution in [0.2, 0.25) is 0 Å². The van der Waals surface area contributed by atoms with Crippen LogP contribution in [0, 0.1) is 12.8 Å². The Bertz CT molecular complexity index is 716. The molecule has 2 unspecified atom stereocenters. The Hall–Kier alpha value is -1.92.